The average molecular weight is 392 g/mol. The lowest BCUT2D eigenvalue weighted by molar-refractivity contribution is -0.116. The molecule has 3 rings (SSSR count). The van der Waals surface area contributed by atoms with Gasteiger partial charge in [0.15, 0.2) is 5.82 Å². The topological polar surface area (TPSA) is 90.7 Å². The Kier molecular flexibility index (Phi) is 6.31. The first kappa shape index (κ1) is 19.2. The molecule has 0 saturated carbocycles. The summed E-state index contributed by atoms with van der Waals surface area (Å²) >= 11 is 5.93. The smallest absolute Gasteiger partial charge is 0.321 e. The summed E-state index contributed by atoms with van der Waals surface area (Å²) in [4.78, 5) is 28.2. The molecule has 0 radical (unpaired) electrons. The zero-order valence-corrected chi connectivity index (χ0v) is 15.8. The Morgan fingerprint density at radius 3 is 2.63 bits per heavy atom. The summed E-state index contributed by atoms with van der Waals surface area (Å²) in [5.74, 6) is 0.974. The van der Waals surface area contributed by atoms with Gasteiger partial charge >= 0.3 is 6.03 Å². The second-order valence-corrected chi connectivity index (χ2v) is 6.83. The molecule has 1 aromatic carbocycles. The first-order chi connectivity index (χ1) is 13.0. The van der Waals surface area contributed by atoms with E-state index in [0.29, 0.717) is 48.3 Å². The van der Waals surface area contributed by atoms with Gasteiger partial charge in [0.2, 0.25) is 5.91 Å². The van der Waals surface area contributed by atoms with Crippen LogP contribution >= 0.6 is 11.6 Å². The highest BCUT2D eigenvalue weighted by Crippen LogP contribution is 2.16. The second kappa shape index (κ2) is 8.88. The molecule has 27 heavy (non-hydrogen) atoms. The number of aromatic nitrogens is 1. The number of urea groups is 1. The average Bonchev–Trinajstić information content (AvgIpc) is 3.05. The van der Waals surface area contributed by atoms with Crippen molar-refractivity contribution in [2.75, 3.05) is 43.4 Å². The van der Waals surface area contributed by atoms with Gasteiger partial charge in [0.1, 0.15) is 5.76 Å². The van der Waals surface area contributed by atoms with Gasteiger partial charge in [-0.15, -0.1) is 0 Å². The Hall–Kier alpha value is -2.58. The largest absolute Gasteiger partial charge is 0.360 e. The van der Waals surface area contributed by atoms with Crippen molar-refractivity contribution >= 4 is 35.0 Å². The number of halogens is 1. The highest BCUT2D eigenvalue weighted by Gasteiger charge is 2.21. The lowest BCUT2D eigenvalue weighted by Crippen LogP contribution is -2.50. The molecule has 8 nitrogen and oxygen atoms in total. The van der Waals surface area contributed by atoms with Gasteiger partial charge < -0.3 is 20.1 Å². The number of piperazine rings is 1. The van der Waals surface area contributed by atoms with Crippen LogP contribution in [0.25, 0.3) is 0 Å². The van der Waals surface area contributed by atoms with E-state index in [-0.39, 0.29) is 11.9 Å². The molecule has 1 saturated heterocycles. The number of carbonyl (C=O) groups excluding carboxylic acids is 2. The van der Waals surface area contributed by atoms with Gasteiger partial charge in [0.25, 0.3) is 0 Å². The summed E-state index contributed by atoms with van der Waals surface area (Å²) in [7, 11) is 0. The standard InChI is InChI=1S/C18H22ClN5O3/c1-13-11-16(22-27-13)21-17(25)5-6-23-7-9-24(10-8-23)18(26)20-15-4-2-3-14(19)12-15/h2-4,11-12H,5-10H2,1H3,(H,20,26)(H,21,22,25). The maximum atomic E-state index is 12.3. The minimum Gasteiger partial charge on any atom is -0.360 e. The van der Waals surface area contributed by atoms with Crippen LogP contribution in [-0.2, 0) is 4.79 Å². The fourth-order valence-electron chi connectivity index (χ4n) is 2.83. The van der Waals surface area contributed by atoms with Crippen molar-refractivity contribution in [1.82, 2.24) is 15.0 Å². The van der Waals surface area contributed by atoms with E-state index < -0.39 is 0 Å². The molecular weight excluding hydrogens is 370 g/mol. The molecule has 2 heterocycles. The van der Waals surface area contributed by atoms with Gasteiger partial charge in [-0.2, -0.15) is 0 Å². The molecule has 2 aromatic rings. The zero-order chi connectivity index (χ0) is 19.2. The van der Waals surface area contributed by atoms with Crippen molar-refractivity contribution in [2.24, 2.45) is 0 Å². The van der Waals surface area contributed by atoms with Crippen LogP contribution in [0.1, 0.15) is 12.2 Å². The molecule has 0 unspecified atom stereocenters. The number of hydrogen-bond acceptors (Lipinski definition) is 5. The molecule has 1 aliphatic rings. The number of nitrogens with zero attached hydrogens (tertiary/aromatic N) is 3. The second-order valence-electron chi connectivity index (χ2n) is 6.39. The summed E-state index contributed by atoms with van der Waals surface area (Å²) in [6.07, 6.45) is 0.362. The van der Waals surface area contributed by atoms with Crippen LogP contribution in [0, 0.1) is 6.92 Å². The molecule has 9 heteroatoms. The molecule has 0 atom stereocenters. The Labute approximate surface area is 162 Å². The van der Waals surface area contributed by atoms with Gasteiger partial charge in [0, 0.05) is 55.9 Å². The fraction of sp³-hybridized carbons (Fsp3) is 0.389. The number of benzene rings is 1. The number of amides is 3. The van der Waals surface area contributed by atoms with Crippen LogP contribution in [0.2, 0.25) is 5.02 Å². The van der Waals surface area contributed by atoms with E-state index in [1.807, 2.05) is 0 Å². The van der Waals surface area contributed by atoms with E-state index in [1.165, 1.54) is 0 Å². The number of carbonyl (C=O) groups is 2. The highest BCUT2D eigenvalue weighted by molar-refractivity contribution is 6.30. The van der Waals surface area contributed by atoms with Gasteiger partial charge in [-0.3, -0.25) is 9.69 Å². The van der Waals surface area contributed by atoms with E-state index in [4.69, 9.17) is 16.1 Å². The lowest BCUT2D eigenvalue weighted by Gasteiger charge is -2.34. The number of hydrogen-bond donors (Lipinski definition) is 2. The van der Waals surface area contributed by atoms with Crippen molar-refractivity contribution in [3.05, 3.63) is 41.1 Å². The number of aryl methyl sites for hydroxylation is 1. The van der Waals surface area contributed by atoms with Gasteiger partial charge in [-0.1, -0.05) is 22.8 Å². The Balaban J connectivity index is 1.38. The maximum absolute atomic E-state index is 12.3. The number of anilines is 2. The Morgan fingerprint density at radius 2 is 1.96 bits per heavy atom. The van der Waals surface area contributed by atoms with Gasteiger partial charge in [0.05, 0.1) is 0 Å². The van der Waals surface area contributed by atoms with Gasteiger partial charge in [-0.05, 0) is 25.1 Å². The summed E-state index contributed by atoms with van der Waals surface area (Å²) < 4.78 is 4.92. The minimum absolute atomic E-state index is 0.107. The fourth-order valence-corrected chi connectivity index (χ4v) is 3.02. The molecule has 1 fully saturated rings. The summed E-state index contributed by atoms with van der Waals surface area (Å²) in [5, 5.41) is 9.88. The van der Waals surface area contributed by atoms with E-state index >= 15 is 0 Å². The third-order valence-electron chi connectivity index (χ3n) is 4.29. The molecule has 1 aliphatic heterocycles. The predicted molar refractivity (Wildman–Crippen MR) is 103 cm³/mol. The van der Waals surface area contributed by atoms with Gasteiger partial charge in [-0.25, -0.2) is 4.79 Å². The molecule has 144 valence electrons. The summed E-state index contributed by atoms with van der Waals surface area (Å²) in [5.41, 5.74) is 0.676. The van der Waals surface area contributed by atoms with Crippen molar-refractivity contribution < 1.29 is 14.1 Å². The maximum Gasteiger partial charge on any atom is 0.321 e. The molecule has 2 N–H and O–H groups in total. The predicted octanol–water partition coefficient (Wildman–Crippen LogP) is 2.81. The van der Waals surface area contributed by atoms with Crippen molar-refractivity contribution in [1.29, 1.82) is 0 Å². The van der Waals surface area contributed by atoms with Crippen LogP contribution in [0.15, 0.2) is 34.9 Å². The molecule has 3 amide bonds. The monoisotopic (exact) mass is 391 g/mol. The van der Waals surface area contributed by atoms with Crippen molar-refractivity contribution in [2.45, 2.75) is 13.3 Å². The highest BCUT2D eigenvalue weighted by atomic mass is 35.5. The summed E-state index contributed by atoms with van der Waals surface area (Å²) in [6.45, 7) is 5.06. The van der Waals surface area contributed by atoms with Crippen LogP contribution in [0.4, 0.5) is 16.3 Å². The molecular formula is C18H22ClN5O3. The summed E-state index contributed by atoms with van der Waals surface area (Å²) in [6, 6.07) is 8.60. The molecule has 0 aliphatic carbocycles. The van der Waals surface area contributed by atoms with E-state index in [9.17, 15) is 9.59 Å². The first-order valence-electron chi connectivity index (χ1n) is 8.76. The molecule has 0 spiro atoms. The van der Waals surface area contributed by atoms with E-state index in [1.54, 1.807) is 42.2 Å². The van der Waals surface area contributed by atoms with Crippen LogP contribution in [0.3, 0.4) is 0 Å². The van der Waals surface area contributed by atoms with Crippen molar-refractivity contribution in [3.8, 4) is 0 Å². The van der Waals surface area contributed by atoms with E-state index in [0.717, 1.165) is 13.1 Å². The van der Waals surface area contributed by atoms with E-state index in [2.05, 4.69) is 20.7 Å². The zero-order valence-electron chi connectivity index (χ0n) is 15.1. The van der Waals surface area contributed by atoms with Crippen molar-refractivity contribution in [3.63, 3.8) is 0 Å². The van der Waals surface area contributed by atoms with Crippen LogP contribution < -0.4 is 10.6 Å². The molecule has 1 aromatic heterocycles. The lowest BCUT2D eigenvalue weighted by atomic mass is 10.3. The Morgan fingerprint density at radius 1 is 1.19 bits per heavy atom. The number of rotatable bonds is 5. The van der Waals surface area contributed by atoms with Crippen LogP contribution in [0.5, 0.6) is 0 Å². The Bertz CT molecular complexity index is 802. The first-order valence-corrected chi connectivity index (χ1v) is 9.14. The third-order valence-corrected chi connectivity index (χ3v) is 4.52. The minimum atomic E-state index is -0.143. The number of nitrogens with one attached hydrogen (secondary N) is 2. The molecule has 0 bridgehead atoms. The normalized spacial score (nSPS) is 14.8. The third kappa shape index (κ3) is 5.70. The quantitative estimate of drug-likeness (QED) is 0.817. The SMILES string of the molecule is Cc1cc(NC(=O)CCN2CCN(C(=O)Nc3cccc(Cl)c3)CC2)no1. The van der Waals surface area contributed by atoms with Crippen LogP contribution in [-0.4, -0.2) is 59.6 Å².